The topological polar surface area (TPSA) is 169 Å². The molecule has 2 aromatic carbocycles. The number of amides is 2. The van der Waals surface area contributed by atoms with Gasteiger partial charge in [-0.1, -0.05) is 53.5 Å². The second-order valence-electron chi connectivity index (χ2n) is 19.0. The third kappa shape index (κ3) is 14.9. The molecule has 2 amide bonds. The highest BCUT2D eigenvalue weighted by Crippen LogP contribution is 2.35. The summed E-state index contributed by atoms with van der Waals surface area (Å²) in [6.45, 7) is 14.3. The number of carbonyl (C=O) groups is 4. The van der Waals surface area contributed by atoms with Crippen LogP contribution in [0.2, 0.25) is 8.67 Å². The first kappa shape index (κ1) is 53.7. The van der Waals surface area contributed by atoms with Crippen molar-refractivity contribution in [3.05, 3.63) is 143 Å². The Bertz CT molecular complexity index is 2730. The van der Waals surface area contributed by atoms with Crippen LogP contribution in [0.4, 0.5) is 9.59 Å². The first-order valence-corrected chi connectivity index (χ1v) is 25.7. The van der Waals surface area contributed by atoms with Crippen LogP contribution in [0.3, 0.4) is 0 Å². The molecule has 2 fully saturated rings. The van der Waals surface area contributed by atoms with Crippen molar-refractivity contribution in [3.8, 4) is 5.75 Å². The number of halogens is 2. The van der Waals surface area contributed by atoms with E-state index in [-0.39, 0.29) is 30.2 Å². The Hall–Kier alpha value is -5.68. The van der Waals surface area contributed by atoms with Crippen molar-refractivity contribution in [2.75, 3.05) is 20.2 Å². The molecule has 4 aromatic heterocycles. The lowest BCUT2D eigenvalue weighted by atomic mass is 10.1. The average Bonchev–Trinajstić information content (AvgIpc) is 4.17. The second-order valence-corrected chi connectivity index (χ2v) is 22.6. The summed E-state index contributed by atoms with van der Waals surface area (Å²) >= 11 is 15.2. The van der Waals surface area contributed by atoms with Gasteiger partial charge >= 0.3 is 18.2 Å². The molecule has 0 bridgehead atoms. The van der Waals surface area contributed by atoms with Gasteiger partial charge in [-0.2, -0.15) is 10.2 Å². The van der Waals surface area contributed by atoms with Crippen LogP contribution in [0.15, 0.2) is 84.9 Å². The van der Waals surface area contributed by atoms with E-state index in [2.05, 4.69) is 22.3 Å². The summed E-state index contributed by atoms with van der Waals surface area (Å²) in [5.41, 5.74) is 4.00. The molecule has 374 valence electrons. The third-order valence-corrected chi connectivity index (χ3v) is 13.9. The highest BCUT2D eigenvalue weighted by atomic mass is 35.5. The number of H-pyrrole nitrogens is 1. The Morgan fingerprint density at radius 3 is 1.74 bits per heavy atom. The van der Waals surface area contributed by atoms with E-state index in [1.54, 1.807) is 71.6 Å². The molecule has 18 heteroatoms. The van der Waals surface area contributed by atoms with Gasteiger partial charge in [0, 0.05) is 34.2 Å². The average molecular weight is 1030 g/mol. The molecule has 2 N–H and O–H groups in total. The van der Waals surface area contributed by atoms with Crippen LogP contribution in [0.5, 0.6) is 5.75 Å². The zero-order valence-corrected chi connectivity index (χ0v) is 44.1. The summed E-state index contributed by atoms with van der Waals surface area (Å²) in [5, 5.41) is 20.9. The van der Waals surface area contributed by atoms with Gasteiger partial charge < -0.3 is 19.3 Å². The highest BCUT2D eigenvalue weighted by Gasteiger charge is 2.37. The van der Waals surface area contributed by atoms with E-state index in [1.807, 2.05) is 77.9 Å². The Morgan fingerprint density at radius 2 is 1.24 bits per heavy atom. The van der Waals surface area contributed by atoms with Crippen LogP contribution in [0, 0.1) is 6.92 Å². The summed E-state index contributed by atoms with van der Waals surface area (Å²) in [5.74, 6) is -0.644. The molecule has 0 aliphatic carbocycles. The molecule has 2 aliphatic rings. The molecule has 2 aliphatic heterocycles. The molecule has 2 unspecified atom stereocenters. The van der Waals surface area contributed by atoms with Gasteiger partial charge in [0.05, 0.1) is 50.4 Å². The van der Waals surface area contributed by atoms with E-state index in [1.165, 1.54) is 20.9 Å². The molecular weight excluding hydrogens is 972 g/mol. The SMILES string of the molecule is CC(C)(C)OC(=O)N1CCCC1c1cc(CCc2ccc(Cl)s2)[nH]n1.COc1ccccc1C(=O)n1nc(C2CCCN2C(=O)OC(C)(C)C)cc1CCc1ccc(Cl)s1.Cc1ccccc1C(=O)O. The van der Waals surface area contributed by atoms with Gasteiger partial charge in [-0.3, -0.25) is 19.7 Å². The monoisotopic (exact) mass is 1030 g/mol. The number of likely N-dealkylation sites (tertiary alicyclic amines) is 2. The van der Waals surface area contributed by atoms with E-state index in [0.717, 1.165) is 87.7 Å². The summed E-state index contributed by atoms with van der Waals surface area (Å²) < 4.78 is 19.6. The number of aromatic carboxylic acids is 1. The number of carboxylic acids is 1. The molecule has 6 aromatic rings. The van der Waals surface area contributed by atoms with Gasteiger partial charge in [0.1, 0.15) is 17.0 Å². The van der Waals surface area contributed by atoms with E-state index < -0.39 is 17.2 Å². The predicted molar refractivity (Wildman–Crippen MR) is 275 cm³/mol. The number of carboxylic acid groups (broad SMARTS) is 1. The predicted octanol–water partition coefficient (Wildman–Crippen LogP) is 12.8. The number of hydrogen-bond donors (Lipinski definition) is 2. The fourth-order valence-electron chi connectivity index (χ4n) is 8.09. The Balaban J connectivity index is 0.000000198. The Labute approximate surface area is 427 Å². The minimum Gasteiger partial charge on any atom is -0.496 e. The van der Waals surface area contributed by atoms with Crippen molar-refractivity contribution in [2.45, 2.75) is 123 Å². The van der Waals surface area contributed by atoms with Crippen molar-refractivity contribution in [3.63, 3.8) is 0 Å². The number of nitrogens with zero attached hydrogens (tertiary/aromatic N) is 5. The minimum atomic E-state index is -0.863. The quantitative estimate of drug-likeness (QED) is 0.127. The standard InChI is InChI=1S/C26H30ClN3O4S.C18H24ClN3O2S.C8H8O2/c1-26(2,3)34-25(32)29-15-7-9-21(29)20-16-17(11-12-18-13-14-23(27)35-18)30(28-20)24(31)19-8-5-6-10-22(19)33-4;1-18(2,3)24-17(23)22-10-4-5-15(22)14-11-12(20-21-14)6-7-13-8-9-16(19)25-13;1-6-4-2-3-5-7(6)8(9)10/h5-6,8,10,13-14,16,21H,7,9,11-12,15H2,1-4H3;8-9,11,15H,4-7,10H2,1-3H3,(H,20,21);2-5H,1H3,(H,9,10). The number of rotatable bonds is 11. The van der Waals surface area contributed by atoms with E-state index in [9.17, 15) is 19.2 Å². The lowest BCUT2D eigenvalue weighted by Gasteiger charge is -2.27. The van der Waals surface area contributed by atoms with Crippen LogP contribution in [0.1, 0.15) is 138 Å². The lowest BCUT2D eigenvalue weighted by molar-refractivity contribution is 0.0210. The van der Waals surface area contributed by atoms with Gasteiger partial charge in [0.2, 0.25) is 0 Å². The normalized spacial score (nSPS) is 15.7. The van der Waals surface area contributed by atoms with Crippen molar-refractivity contribution in [1.29, 1.82) is 0 Å². The van der Waals surface area contributed by atoms with Gasteiger partial charge in [-0.05, 0) is 160 Å². The Kier molecular flexibility index (Phi) is 18.4. The summed E-state index contributed by atoms with van der Waals surface area (Å²) in [7, 11) is 1.54. The van der Waals surface area contributed by atoms with Crippen molar-refractivity contribution >= 4 is 69.9 Å². The number of benzene rings is 2. The van der Waals surface area contributed by atoms with Gasteiger partial charge in [-0.15, -0.1) is 22.7 Å². The maximum atomic E-state index is 13.6. The Morgan fingerprint density at radius 1 is 0.714 bits per heavy atom. The first-order valence-electron chi connectivity index (χ1n) is 23.3. The molecule has 2 atom stereocenters. The molecular formula is C52H62Cl2N6O8S2. The number of thiophene rings is 2. The van der Waals surface area contributed by atoms with Crippen LogP contribution < -0.4 is 4.74 Å². The number of methoxy groups -OCH3 is 1. The zero-order chi connectivity index (χ0) is 50.8. The van der Waals surface area contributed by atoms with Gasteiger partial charge in [0.25, 0.3) is 5.91 Å². The number of carbonyl (C=O) groups excluding carboxylic acids is 3. The van der Waals surface area contributed by atoms with Crippen LogP contribution in [-0.2, 0) is 35.2 Å². The van der Waals surface area contributed by atoms with E-state index in [0.29, 0.717) is 35.5 Å². The van der Waals surface area contributed by atoms with E-state index >= 15 is 0 Å². The maximum Gasteiger partial charge on any atom is 0.410 e. The van der Waals surface area contributed by atoms with Crippen LogP contribution >= 0.6 is 45.9 Å². The van der Waals surface area contributed by atoms with Crippen molar-refractivity contribution < 1.29 is 38.5 Å². The molecule has 2 saturated heterocycles. The fraction of sp³-hybridized carbons (Fsp3) is 0.423. The highest BCUT2D eigenvalue weighted by molar-refractivity contribution is 7.16. The number of para-hydroxylation sites is 1. The van der Waals surface area contributed by atoms with Crippen molar-refractivity contribution in [1.82, 2.24) is 29.8 Å². The number of nitrogens with one attached hydrogen (secondary N) is 1. The van der Waals surface area contributed by atoms with Crippen LogP contribution in [0.25, 0.3) is 0 Å². The minimum absolute atomic E-state index is 0.00367. The van der Waals surface area contributed by atoms with Gasteiger partial charge in [0.15, 0.2) is 0 Å². The molecule has 14 nitrogen and oxygen atoms in total. The van der Waals surface area contributed by atoms with Crippen LogP contribution in [-0.4, -0.2) is 90.3 Å². The molecule has 8 rings (SSSR count). The molecule has 0 spiro atoms. The zero-order valence-electron chi connectivity index (χ0n) is 40.9. The largest absolute Gasteiger partial charge is 0.496 e. The summed E-state index contributed by atoms with van der Waals surface area (Å²) in [4.78, 5) is 55.2. The van der Waals surface area contributed by atoms with E-state index in [4.69, 9.17) is 47.6 Å². The first-order chi connectivity index (χ1) is 33.2. The maximum absolute atomic E-state index is 13.6. The second kappa shape index (κ2) is 24.0. The number of ether oxygens (including phenoxy) is 3. The molecule has 0 saturated carbocycles. The number of aromatic amines is 1. The van der Waals surface area contributed by atoms with Crippen molar-refractivity contribution in [2.24, 2.45) is 0 Å². The van der Waals surface area contributed by atoms with Gasteiger partial charge in [-0.25, -0.2) is 19.1 Å². The molecule has 0 radical (unpaired) electrons. The summed E-state index contributed by atoms with van der Waals surface area (Å²) in [6, 6.07) is 25.7. The number of aryl methyl sites for hydroxylation is 5. The summed E-state index contributed by atoms with van der Waals surface area (Å²) in [6.07, 6.45) is 6.02. The smallest absolute Gasteiger partial charge is 0.410 e. The molecule has 6 heterocycles. The number of aromatic nitrogens is 4. The lowest BCUT2D eigenvalue weighted by Crippen LogP contribution is -2.36. The fourth-order valence-corrected chi connectivity index (χ4v) is 10.3. The third-order valence-electron chi connectivity index (χ3n) is 11.3. The number of hydrogen-bond acceptors (Lipinski definition) is 11. The molecule has 70 heavy (non-hydrogen) atoms.